The maximum atomic E-state index is 12.9. The van der Waals surface area contributed by atoms with Crippen LogP contribution < -0.4 is 5.32 Å². The minimum absolute atomic E-state index is 0.125. The average molecular weight is 509 g/mol. The van der Waals surface area contributed by atoms with Crippen LogP contribution in [0.2, 0.25) is 0 Å². The van der Waals surface area contributed by atoms with Crippen LogP contribution in [0.15, 0.2) is 48.5 Å². The van der Waals surface area contributed by atoms with Crippen molar-refractivity contribution in [3.8, 4) is 22.5 Å². The van der Waals surface area contributed by atoms with Gasteiger partial charge in [-0.3, -0.25) is 4.79 Å². The van der Waals surface area contributed by atoms with Crippen molar-refractivity contribution in [2.24, 2.45) is 5.92 Å². The summed E-state index contributed by atoms with van der Waals surface area (Å²) < 4.78 is 0. The number of rotatable bonds is 12. The van der Waals surface area contributed by atoms with Crippen LogP contribution in [0.1, 0.15) is 59.4 Å². The molecule has 0 spiro atoms. The van der Waals surface area contributed by atoms with Crippen molar-refractivity contribution in [2.75, 3.05) is 13.1 Å². The number of amides is 1. The lowest BCUT2D eigenvalue weighted by molar-refractivity contribution is -0.153. The number of nitrogens with zero attached hydrogens (tertiary/aromatic N) is 4. The highest BCUT2D eigenvalue weighted by Gasteiger charge is 2.32. The van der Waals surface area contributed by atoms with Gasteiger partial charge in [0, 0.05) is 18.5 Å². The SMILES string of the molecule is CCCCC(=O)N(Cc1ccc(-c2ccccc2-c2nn[nH]n2)cc1)[C@H](C(=O)O)C(C)C.CCNCC. The van der Waals surface area contributed by atoms with Gasteiger partial charge in [-0.25, -0.2) is 4.79 Å². The lowest BCUT2D eigenvalue weighted by Gasteiger charge is -2.32. The monoisotopic (exact) mass is 508 g/mol. The number of carbonyl (C=O) groups is 2. The molecule has 0 aliphatic carbocycles. The second-order valence-corrected chi connectivity index (χ2v) is 9.09. The van der Waals surface area contributed by atoms with E-state index < -0.39 is 12.0 Å². The van der Waals surface area contributed by atoms with Crippen LogP contribution in [0.5, 0.6) is 0 Å². The molecule has 3 N–H and O–H groups in total. The summed E-state index contributed by atoms with van der Waals surface area (Å²) in [5.74, 6) is -0.784. The van der Waals surface area contributed by atoms with E-state index in [4.69, 9.17) is 0 Å². The van der Waals surface area contributed by atoms with Gasteiger partial charge in [0.05, 0.1) is 0 Å². The molecule has 0 saturated carbocycles. The quantitative estimate of drug-likeness (QED) is 0.322. The predicted molar refractivity (Wildman–Crippen MR) is 146 cm³/mol. The van der Waals surface area contributed by atoms with Crippen LogP contribution in [0, 0.1) is 5.92 Å². The van der Waals surface area contributed by atoms with E-state index in [1.165, 1.54) is 4.90 Å². The number of tetrazole rings is 1. The molecule has 200 valence electrons. The Morgan fingerprint density at radius 3 is 2.14 bits per heavy atom. The van der Waals surface area contributed by atoms with Gasteiger partial charge in [-0.15, -0.1) is 10.2 Å². The van der Waals surface area contributed by atoms with Gasteiger partial charge in [-0.05, 0) is 47.3 Å². The Morgan fingerprint density at radius 2 is 1.65 bits per heavy atom. The Balaban J connectivity index is 0.000000877. The summed E-state index contributed by atoms with van der Waals surface area (Å²) in [5, 5.41) is 27.2. The number of carboxylic acids is 1. The van der Waals surface area contributed by atoms with Crippen LogP contribution in [0.3, 0.4) is 0 Å². The summed E-state index contributed by atoms with van der Waals surface area (Å²) in [6.45, 7) is 12.3. The first-order valence-electron chi connectivity index (χ1n) is 13.0. The number of nitrogens with one attached hydrogen (secondary N) is 2. The molecule has 9 heteroatoms. The lowest BCUT2D eigenvalue weighted by Crippen LogP contribution is -2.47. The molecule has 1 heterocycles. The third kappa shape index (κ3) is 8.78. The first-order valence-corrected chi connectivity index (χ1v) is 13.0. The first-order chi connectivity index (χ1) is 17.8. The minimum Gasteiger partial charge on any atom is -0.480 e. The highest BCUT2D eigenvalue weighted by molar-refractivity contribution is 5.84. The topological polar surface area (TPSA) is 124 Å². The molecule has 2 aromatic carbocycles. The maximum absolute atomic E-state index is 12.9. The zero-order chi connectivity index (χ0) is 27.2. The first kappa shape index (κ1) is 29.6. The molecule has 1 amide bonds. The molecule has 0 aliphatic heterocycles. The molecule has 1 aromatic heterocycles. The van der Waals surface area contributed by atoms with Crippen molar-refractivity contribution < 1.29 is 14.7 Å². The summed E-state index contributed by atoms with van der Waals surface area (Å²) >= 11 is 0. The summed E-state index contributed by atoms with van der Waals surface area (Å²) in [6.07, 6.45) is 1.97. The third-order valence-electron chi connectivity index (χ3n) is 5.92. The number of carboxylic acid groups (broad SMARTS) is 1. The van der Waals surface area contributed by atoms with Gasteiger partial charge >= 0.3 is 5.97 Å². The van der Waals surface area contributed by atoms with E-state index >= 15 is 0 Å². The predicted octanol–water partition coefficient (Wildman–Crippen LogP) is 4.78. The fraction of sp³-hybridized carbons (Fsp3) is 0.464. The van der Waals surface area contributed by atoms with Crippen LogP contribution in [-0.2, 0) is 16.1 Å². The van der Waals surface area contributed by atoms with Gasteiger partial charge in [0.25, 0.3) is 0 Å². The number of carbonyl (C=O) groups excluding carboxylic acids is 1. The van der Waals surface area contributed by atoms with Crippen molar-refractivity contribution in [1.82, 2.24) is 30.8 Å². The number of aliphatic carboxylic acids is 1. The van der Waals surface area contributed by atoms with Crippen molar-refractivity contribution in [2.45, 2.75) is 66.5 Å². The lowest BCUT2D eigenvalue weighted by atomic mass is 9.97. The molecule has 9 nitrogen and oxygen atoms in total. The van der Waals surface area contributed by atoms with Crippen LogP contribution in [-0.4, -0.2) is 61.6 Å². The second kappa shape index (κ2) is 15.5. The highest BCUT2D eigenvalue weighted by Crippen LogP contribution is 2.30. The number of H-pyrrole nitrogens is 1. The molecule has 0 radical (unpaired) electrons. The van der Waals surface area contributed by atoms with Crippen molar-refractivity contribution in [1.29, 1.82) is 0 Å². The standard InChI is InChI=1S/C24H29N5O3.C4H11N/c1-4-5-10-21(30)29(22(16(2)3)24(31)32)15-17-11-13-18(14-12-17)19-8-6-7-9-20(19)23-25-27-28-26-23;1-3-5-4-2/h6-9,11-14,16,22H,4-5,10,15H2,1-3H3,(H,31,32)(H,25,26,27,28);5H,3-4H2,1-2H3/t22-;/m0./s1. The normalized spacial score (nSPS) is 11.5. The molecular formula is C28H40N6O3. The van der Waals surface area contributed by atoms with E-state index in [0.717, 1.165) is 48.2 Å². The van der Waals surface area contributed by atoms with Gasteiger partial charge in [0.2, 0.25) is 11.7 Å². The number of unbranched alkanes of at least 4 members (excludes halogenated alkanes) is 1. The summed E-state index contributed by atoms with van der Waals surface area (Å²) in [5.41, 5.74) is 3.66. The molecule has 0 saturated heterocycles. The number of hydrogen-bond acceptors (Lipinski definition) is 6. The zero-order valence-corrected chi connectivity index (χ0v) is 22.6. The van der Waals surface area contributed by atoms with Gasteiger partial charge < -0.3 is 15.3 Å². The Kier molecular flexibility index (Phi) is 12.4. The van der Waals surface area contributed by atoms with Gasteiger partial charge in [0.15, 0.2) is 0 Å². The number of aromatic nitrogens is 4. The van der Waals surface area contributed by atoms with Crippen LogP contribution in [0.4, 0.5) is 0 Å². The largest absolute Gasteiger partial charge is 0.480 e. The molecule has 3 rings (SSSR count). The molecule has 1 atom stereocenters. The molecule has 0 aliphatic rings. The zero-order valence-electron chi connectivity index (χ0n) is 22.6. The van der Waals surface area contributed by atoms with Gasteiger partial charge in [-0.1, -0.05) is 89.6 Å². The number of aromatic amines is 1. The van der Waals surface area contributed by atoms with E-state index in [-0.39, 0.29) is 18.4 Å². The summed E-state index contributed by atoms with van der Waals surface area (Å²) in [4.78, 5) is 26.3. The molecule has 37 heavy (non-hydrogen) atoms. The molecular weight excluding hydrogens is 468 g/mol. The Bertz CT molecular complexity index is 1080. The smallest absolute Gasteiger partial charge is 0.326 e. The van der Waals surface area contributed by atoms with Gasteiger partial charge in [-0.2, -0.15) is 5.21 Å². The Hall–Kier alpha value is -3.59. The van der Waals surface area contributed by atoms with E-state index in [0.29, 0.717) is 12.2 Å². The minimum atomic E-state index is -0.976. The van der Waals surface area contributed by atoms with E-state index in [1.54, 1.807) is 0 Å². The Labute approximate surface area is 219 Å². The van der Waals surface area contributed by atoms with E-state index in [2.05, 4.69) is 39.8 Å². The highest BCUT2D eigenvalue weighted by atomic mass is 16.4. The molecule has 0 bridgehead atoms. The van der Waals surface area contributed by atoms with E-state index in [9.17, 15) is 14.7 Å². The number of hydrogen-bond donors (Lipinski definition) is 3. The van der Waals surface area contributed by atoms with Gasteiger partial charge in [0.1, 0.15) is 6.04 Å². The summed E-state index contributed by atoms with van der Waals surface area (Å²) in [6, 6.07) is 14.7. The fourth-order valence-electron chi connectivity index (χ4n) is 4.03. The number of benzene rings is 2. The van der Waals surface area contributed by atoms with Crippen molar-refractivity contribution in [3.63, 3.8) is 0 Å². The molecule has 0 unspecified atom stereocenters. The van der Waals surface area contributed by atoms with Crippen molar-refractivity contribution in [3.05, 3.63) is 54.1 Å². The van der Waals surface area contributed by atoms with E-state index in [1.807, 2.05) is 69.3 Å². The van der Waals surface area contributed by atoms with Crippen LogP contribution >= 0.6 is 0 Å². The second-order valence-electron chi connectivity index (χ2n) is 9.09. The van der Waals surface area contributed by atoms with Crippen LogP contribution in [0.25, 0.3) is 22.5 Å². The summed E-state index contributed by atoms with van der Waals surface area (Å²) in [7, 11) is 0. The third-order valence-corrected chi connectivity index (χ3v) is 5.92. The fourth-order valence-corrected chi connectivity index (χ4v) is 4.03. The molecule has 3 aromatic rings. The average Bonchev–Trinajstić information content (AvgIpc) is 3.43. The Morgan fingerprint density at radius 1 is 1.00 bits per heavy atom. The molecule has 0 fully saturated rings. The van der Waals surface area contributed by atoms with Crippen molar-refractivity contribution >= 4 is 11.9 Å². The maximum Gasteiger partial charge on any atom is 0.326 e.